The van der Waals surface area contributed by atoms with Crippen molar-refractivity contribution in [1.29, 1.82) is 0 Å². The molecule has 0 rings (SSSR count). The van der Waals surface area contributed by atoms with E-state index in [4.69, 9.17) is 14.2 Å². The summed E-state index contributed by atoms with van der Waals surface area (Å²) in [7, 11) is 0. The Morgan fingerprint density at radius 3 is 0.875 bits per heavy atom. The van der Waals surface area contributed by atoms with Crippen molar-refractivity contribution in [2.24, 2.45) is 11.8 Å². The first-order valence-corrected chi connectivity index (χ1v) is 24.7. The van der Waals surface area contributed by atoms with Crippen LogP contribution in [-0.2, 0) is 28.6 Å². The van der Waals surface area contributed by atoms with E-state index >= 15 is 0 Å². The van der Waals surface area contributed by atoms with Crippen LogP contribution in [0.3, 0.4) is 0 Å². The Bertz CT molecular complexity index is 854. The zero-order chi connectivity index (χ0) is 41.2. The minimum atomic E-state index is -0.761. The van der Waals surface area contributed by atoms with E-state index in [9.17, 15) is 14.4 Å². The smallest absolute Gasteiger partial charge is 0.306 e. The zero-order valence-corrected chi connectivity index (χ0v) is 38.3. The second-order valence-electron chi connectivity index (χ2n) is 18.1. The fourth-order valence-electron chi connectivity index (χ4n) is 7.46. The summed E-state index contributed by atoms with van der Waals surface area (Å²) >= 11 is 0. The third-order valence-electron chi connectivity index (χ3n) is 11.2. The lowest BCUT2D eigenvalue weighted by Gasteiger charge is -2.18. The number of esters is 3. The molecule has 0 aliphatic heterocycles. The van der Waals surface area contributed by atoms with Gasteiger partial charge in [0.1, 0.15) is 13.2 Å². The molecule has 0 saturated heterocycles. The third kappa shape index (κ3) is 43.5. The molecular weight excluding hydrogens is 697 g/mol. The Balaban J connectivity index is 4.30. The van der Waals surface area contributed by atoms with Crippen LogP contribution in [0.2, 0.25) is 0 Å². The first-order valence-electron chi connectivity index (χ1n) is 24.7. The molecule has 56 heavy (non-hydrogen) atoms. The molecule has 0 aromatic carbocycles. The lowest BCUT2D eigenvalue weighted by atomic mass is 10.0. The van der Waals surface area contributed by atoms with Crippen LogP contribution < -0.4 is 0 Å². The van der Waals surface area contributed by atoms with Gasteiger partial charge in [0.05, 0.1) is 0 Å². The maximum Gasteiger partial charge on any atom is 0.306 e. The van der Waals surface area contributed by atoms with Crippen LogP contribution in [0.25, 0.3) is 0 Å². The lowest BCUT2D eigenvalue weighted by Crippen LogP contribution is -2.30. The van der Waals surface area contributed by atoms with E-state index in [0.717, 1.165) is 69.6 Å². The summed E-state index contributed by atoms with van der Waals surface area (Å²) in [6.45, 7) is 11.3. The highest BCUT2D eigenvalue weighted by molar-refractivity contribution is 5.71. The number of ether oxygens (including phenoxy) is 3. The molecular formula is C50H96O6. The quantitative estimate of drug-likeness (QED) is 0.0347. The van der Waals surface area contributed by atoms with Crippen molar-refractivity contribution >= 4 is 17.9 Å². The first kappa shape index (κ1) is 54.4. The number of hydrogen-bond donors (Lipinski definition) is 0. The van der Waals surface area contributed by atoms with Crippen molar-refractivity contribution in [1.82, 2.24) is 0 Å². The van der Waals surface area contributed by atoms with E-state index in [1.165, 1.54) is 161 Å². The molecule has 0 unspecified atom stereocenters. The molecule has 0 aromatic rings. The SMILES string of the molecule is CCCCCCCCCCCCCCC(=O)OC[C@H](COC(=O)CCCCCCCCCCCCCCC(C)C)OC(=O)CCCCCCCCCCC(C)C. The van der Waals surface area contributed by atoms with Gasteiger partial charge in [0.2, 0.25) is 0 Å². The summed E-state index contributed by atoms with van der Waals surface area (Å²) in [6, 6.07) is 0. The van der Waals surface area contributed by atoms with Gasteiger partial charge < -0.3 is 14.2 Å². The van der Waals surface area contributed by atoms with Gasteiger partial charge in [-0.15, -0.1) is 0 Å². The molecule has 0 amide bonds. The highest BCUT2D eigenvalue weighted by Gasteiger charge is 2.19. The van der Waals surface area contributed by atoms with Gasteiger partial charge in [-0.2, -0.15) is 0 Å². The fraction of sp³-hybridized carbons (Fsp3) is 0.940. The van der Waals surface area contributed by atoms with Crippen LogP contribution in [0, 0.1) is 11.8 Å². The van der Waals surface area contributed by atoms with E-state index in [1.807, 2.05) is 0 Å². The number of unbranched alkanes of at least 4 members (excludes halogenated alkanes) is 29. The summed E-state index contributed by atoms with van der Waals surface area (Å²) < 4.78 is 16.8. The van der Waals surface area contributed by atoms with Crippen LogP contribution in [0.1, 0.15) is 272 Å². The molecule has 0 fully saturated rings. The molecule has 0 N–H and O–H groups in total. The predicted octanol–water partition coefficient (Wildman–Crippen LogP) is 15.8. The van der Waals surface area contributed by atoms with E-state index in [-0.39, 0.29) is 31.1 Å². The molecule has 332 valence electrons. The highest BCUT2D eigenvalue weighted by atomic mass is 16.6. The molecule has 6 nitrogen and oxygen atoms in total. The Labute approximate surface area is 348 Å². The van der Waals surface area contributed by atoms with Crippen molar-refractivity contribution in [3.8, 4) is 0 Å². The molecule has 1 atom stereocenters. The Kier molecular flexibility index (Phi) is 41.8. The molecule has 0 saturated carbocycles. The number of rotatable bonds is 44. The normalized spacial score (nSPS) is 12.1. The van der Waals surface area contributed by atoms with Crippen molar-refractivity contribution in [3.05, 3.63) is 0 Å². The summed E-state index contributed by atoms with van der Waals surface area (Å²) in [5, 5.41) is 0. The summed E-state index contributed by atoms with van der Waals surface area (Å²) in [6.07, 6.45) is 42.3. The molecule has 0 aromatic heterocycles. The Hall–Kier alpha value is -1.59. The topological polar surface area (TPSA) is 78.9 Å². The van der Waals surface area contributed by atoms with E-state index in [1.54, 1.807) is 0 Å². The van der Waals surface area contributed by atoms with Crippen molar-refractivity contribution in [2.45, 2.75) is 278 Å². The van der Waals surface area contributed by atoms with Crippen LogP contribution >= 0.6 is 0 Å². The van der Waals surface area contributed by atoms with Gasteiger partial charge in [-0.05, 0) is 31.1 Å². The average molecular weight is 793 g/mol. The first-order chi connectivity index (χ1) is 27.2. The second-order valence-corrected chi connectivity index (χ2v) is 18.1. The maximum absolute atomic E-state index is 12.7. The van der Waals surface area contributed by atoms with Gasteiger partial charge in [0.25, 0.3) is 0 Å². The van der Waals surface area contributed by atoms with Gasteiger partial charge in [-0.1, -0.05) is 234 Å². The summed E-state index contributed by atoms with van der Waals surface area (Å²) in [5.41, 5.74) is 0. The van der Waals surface area contributed by atoms with Gasteiger partial charge in [0.15, 0.2) is 6.10 Å². The van der Waals surface area contributed by atoms with Crippen molar-refractivity contribution in [3.63, 3.8) is 0 Å². The number of carbonyl (C=O) groups excluding carboxylic acids is 3. The van der Waals surface area contributed by atoms with Crippen LogP contribution in [-0.4, -0.2) is 37.2 Å². The molecule has 0 radical (unpaired) electrons. The average Bonchev–Trinajstić information content (AvgIpc) is 3.16. The number of hydrogen-bond acceptors (Lipinski definition) is 6. The predicted molar refractivity (Wildman–Crippen MR) is 238 cm³/mol. The van der Waals surface area contributed by atoms with E-state index < -0.39 is 6.10 Å². The molecule has 0 aliphatic carbocycles. The van der Waals surface area contributed by atoms with Crippen LogP contribution in [0.4, 0.5) is 0 Å². The summed E-state index contributed by atoms with van der Waals surface area (Å²) in [4.78, 5) is 37.8. The molecule has 0 heterocycles. The fourth-order valence-corrected chi connectivity index (χ4v) is 7.46. The Morgan fingerprint density at radius 2 is 0.589 bits per heavy atom. The van der Waals surface area contributed by atoms with E-state index in [2.05, 4.69) is 34.6 Å². The molecule has 0 bridgehead atoms. The van der Waals surface area contributed by atoms with Gasteiger partial charge in [0, 0.05) is 19.3 Å². The minimum absolute atomic E-state index is 0.0644. The molecule has 0 spiro atoms. The molecule has 0 aliphatic rings. The molecule has 6 heteroatoms. The maximum atomic E-state index is 12.7. The van der Waals surface area contributed by atoms with Gasteiger partial charge in [-0.3, -0.25) is 14.4 Å². The van der Waals surface area contributed by atoms with Gasteiger partial charge in [-0.25, -0.2) is 0 Å². The van der Waals surface area contributed by atoms with Crippen LogP contribution in [0.15, 0.2) is 0 Å². The standard InChI is InChI=1S/C50H96O6/c1-6-7-8-9-10-11-12-16-19-25-30-35-40-48(51)54-43-47(56-50(53)42-37-32-27-22-21-24-29-34-39-46(4)5)44-55-49(52)41-36-31-26-20-17-14-13-15-18-23-28-33-38-45(2)3/h45-47H,6-44H2,1-5H3/t47-/m1/s1. The lowest BCUT2D eigenvalue weighted by molar-refractivity contribution is -0.167. The van der Waals surface area contributed by atoms with Gasteiger partial charge >= 0.3 is 17.9 Å². The zero-order valence-electron chi connectivity index (χ0n) is 38.3. The van der Waals surface area contributed by atoms with Crippen molar-refractivity contribution < 1.29 is 28.6 Å². The third-order valence-corrected chi connectivity index (χ3v) is 11.2. The minimum Gasteiger partial charge on any atom is -0.462 e. The second kappa shape index (κ2) is 43.0. The summed E-state index contributed by atoms with van der Waals surface area (Å²) in [5.74, 6) is 0.774. The largest absolute Gasteiger partial charge is 0.462 e. The number of carbonyl (C=O) groups is 3. The van der Waals surface area contributed by atoms with E-state index in [0.29, 0.717) is 19.3 Å². The highest BCUT2D eigenvalue weighted by Crippen LogP contribution is 2.17. The van der Waals surface area contributed by atoms with Crippen LogP contribution in [0.5, 0.6) is 0 Å². The monoisotopic (exact) mass is 793 g/mol. The van der Waals surface area contributed by atoms with Crippen molar-refractivity contribution in [2.75, 3.05) is 13.2 Å². The Morgan fingerprint density at radius 1 is 0.339 bits per heavy atom.